The molecule has 1 rings (SSSR count). The fourth-order valence-electron chi connectivity index (χ4n) is 1.41. The van der Waals surface area contributed by atoms with Gasteiger partial charge in [0.05, 0.1) is 12.7 Å². The van der Waals surface area contributed by atoms with Crippen molar-refractivity contribution in [2.24, 2.45) is 0 Å². The largest absolute Gasteiger partial charge is 0.465 e. The summed E-state index contributed by atoms with van der Waals surface area (Å²) in [7, 11) is 1.27. The number of methoxy groups -OCH3 is 1. The smallest absolute Gasteiger partial charge is 0.338 e. The molecule has 90 valence electrons. The van der Waals surface area contributed by atoms with E-state index in [1.807, 2.05) is 0 Å². The van der Waals surface area contributed by atoms with E-state index in [1.54, 1.807) is 18.2 Å². The van der Waals surface area contributed by atoms with Crippen molar-refractivity contribution in [2.75, 3.05) is 7.11 Å². The molecule has 4 heteroatoms. The molecule has 0 fully saturated rings. The second kappa shape index (κ2) is 6.21. The van der Waals surface area contributed by atoms with Crippen LogP contribution >= 0.6 is 11.6 Å². The SMILES string of the molecule is C=CCCC(=O)c1ccc(Cl)cc1C(=O)OC. The highest BCUT2D eigenvalue weighted by atomic mass is 35.5. The van der Waals surface area contributed by atoms with Crippen molar-refractivity contribution in [1.29, 1.82) is 0 Å². The minimum atomic E-state index is -0.561. The van der Waals surface area contributed by atoms with Crippen molar-refractivity contribution in [3.63, 3.8) is 0 Å². The third-order valence-electron chi connectivity index (χ3n) is 2.26. The summed E-state index contributed by atoms with van der Waals surface area (Å²) in [5, 5.41) is 0.394. The molecule has 0 spiro atoms. The zero-order chi connectivity index (χ0) is 12.8. The summed E-state index contributed by atoms with van der Waals surface area (Å²) in [5.74, 6) is -0.684. The van der Waals surface area contributed by atoms with Crippen LogP contribution in [0.2, 0.25) is 5.02 Å². The maximum Gasteiger partial charge on any atom is 0.338 e. The predicted molar refractivity (Wildman–Crippen MR) is 66.6 cm³/mol. The van der Waals surface area contributed by atoms with Crippen LogP contribution in [0.3, 0.4) is 0 Å². The van der Waals surface area contributed by atoms with Gasteiger partial charge in [0, 0.05) is 17.0 Å². The molecule has 3 nitrogen and oxygen atoms in total. The van der Waals surface area contributed by atoms with Crippen LogP contribution in [0.4, 0.5) is 0 Å². The number of halogens is 1. The summed E-state index contributed by atoms with van der Waals surface area (Å²) in [6.45, 7) is 3.55. The number of benzene rings is 1. The lowest BCUT2D eigenvalue weighted by Crippen LogP contribution is -2.10. The number of allylic oxidation sites excluding steroid dienone is 1. The van der Waals surface area contributed by atoms with Crippen LogP contribution in [0.1, 0.15) is 33.6 Å². The minimum absolute atomic E-state index is 0.123. The molecule has 0 saturated heterocycles. The van der Waals surface area contributed by atoms with Crippen LogP contribution in [0.25, 0.3) is 0 Å². The molecule has 0 atom stereocenters. The van der Waals surface area contributed by atoms with Gasteiger partial charge < -0.3 is 4.74 Å². The molecule has 0 amide bonds. The van der Waals surface area contributed by atoms with Gasteiger partial charge in [0.15, 0.2) is 5.78 Å². The monoisotopic (exact) mass is 252 g/mol. The topological polar surface area (TPSA) is 43.4 Å². The molecule has 17 heavy (non-hydrogen) atoms. The Labute approximate surface area is 105 Å². The highest BCUT2D eigenvalue weighted by molar-refractivity contribution is 6.31. The van der Waals surface area contributed by atoms with Crippen LogP contribution < -0.4 is 0 Å². The van der Waals surface area contributed by atoms with Crippen molar-refractivity contribution in [1.82, 2.24) is 0 Å². The van der Waals surface area contributed by atoms with Crippen LogP contribution in [0.5, 0.6) is 0 Å². The normalized spacial score (nSPS) is 9.76. The number of Topliss-reactive ketones (excluding diaryl/α,β-unsaturated/α-hetero) is 1. The Bertz CT molecular complexity index is 452. The maximum absolute atomic E-state index is 11.9. The molecule has 0 bridgehead atoms. The molecular formula is C13H13ClO3. The first kappa shape index (κ1) is 13.5. The van der Waals surface area contributed by atoms with Gasteiger partial charge in [-0.25, -0.2) is 4.79 Å². The highest BCUT2D eigenvalue weighted by Gasteiger charge is 2.17. The van der Waals surface area contributed by atoms with Gasteiger partial charge in [-0.05, 0) is 24.6 Å². The van der Waals surface area contributed by atoms with E-state index in [-0.39, 0.29) is 11.3 Å². The van der Waals surface area contributed by atoms with E-state index in [1.165, 1.54) is 13.2 Å². The van der Waals surface area contributed by atoms with Crippen molar-refractivity contribution in [3.8, 4) is 0 Å². The average molecular weight is 253 g/mol. The quantitative estimate of drug-likeness (QED) is 0.459. The molecule has 0 aromatic heterocycles. The lowest BCUT2D eigenvalue weighted by Gasteiger charge is -2.07. The number of hydrogen-bond acceptors (Lipinski definition) is 3. The van der Waals surface area contributed by atoms with Crippen molar-refractivity contribution in [2.45, 2.75) is 12.8 Å². The van der Waals surface area contributed by atoms with Crippen LogP contribution in [-0.4, -0.2) is 18.9 Å². The second-order valence-corrected chi connectivity index (χ2v) is 3.87. The Hall–Kier alpha value is -1.61. The summed E-state index contributed by atoms with van der Waals surface area (Å²) in [5.41, 5.74) is 0.539. The molecular weight excluding hydrogens is 240 g/mol. The van der Waals surface area contributed by atoms with Gasteiger partial charge in [0.2, 0.25) is 0 Å². The third kappa shape index (κ3) is 3.43. The number of ether oxygens (including phenoxy) is 1. The molecule has 0 N–H and O–H groups in total. The fourth-order valence-corrected chi connectivity index (χ4v) is 1.58. The Kier molecular flexibility index (Phi) is 4.91. The summed E-state index contributed by atoms with van der Waals surface area (Å²) >= 11 is 5.79. The van der Waals surface area contributed by atoms with Gasteiger partial charge in [0.1, 0.15) is 0 Å². The lowest BCUT2D eigenvalue weighted by molar-refractivity contribution is 0.0597. The standard InChI is InChI=1S/C13H13ClO3/c1-3-4-5-12(15)10-7-6-9(14)8-11(10)13(16)17-2/h3,6-8H,1,4-5H2,2H3. The molecule has 1 aromatic carbocycles. The van der Waals surface area contributed by atoms with Crippen LogP contribution in [0, 0.1) is 0 Å². The number of carbonyl (C=O) groups excluding carboxylic acids is 2. The zero-order valence-corrected chi connectivity index (χ0v) is 10.3. The summed E-state index contributed by atoms with van der Waals surface area (Å²) in [4.78, 5) is 23.4. The molecule has 0 unspecified atom stereocenters. The molecule has 0 aliphatic rings. The Morgan fingerprint density at radius 1 is 1.41 bits per heavy atom. The van der Waals surface area contributed by atoms with E-state index in [0.29, 0.717) is 23.4 Å². The number of carbonyl (C=O) groups is 2. The van der Waals surface area contributed by atoms with Gasteiger partial charge in [-0.1, -0.05) is 17.7 Å². The van der Waals surface area contributed by atoms with E-state index in [4.69, 9.17) is 11.6 Å². The highest BCUT2D eigenvalue weighted by Crippen LogP contribution is 2.19. The molecule has 0 heterocycles. The van der Waals surface area contributed by atoms with Crippen LogP contribution in [-0.2, 0) is 4.74 Å². The predicted octanol–water partition coefficient (Wildman–Crippen LogP) is 3.28. The van der Waals surface area contributed by atoms with Crippen molar-refractivity contribution < 1.29 is 14.3 Å². The number of esters is 1. The summed E-state index contributed by atoms with van der Waals surface area (Å²) in [6, 6.07) is 4.56. The summed E-state index contributed by atoms with van der Waals surface area (Å²) in [6.07, 6.45) is 2.54. The molecule has 0 saturated carbocycles. The van der Waals surface area contributed by atoms with Gasteiger partial charge in [-0.15, -0.1) is 6.58 Å². The summed E-state index contributed by atoms with van der Waals surface area (Å²) < 4.78 is 4.62. The van der Waals surface area contributed by atoms with Crippen LogP contribution in [0.15, 0.2) is 30.9 Å². The first-order valence-electron chi connectivity index (χ1n) is 5.12. The number of hydrogen-bond donors (Lipinski definition) is 0. The Morgan fingerprint density at radius 3 is 2.71 bits per heavy atom. The van der Waals surface area contributed by atoms with E-state index in [9.17, 15) is 9.59 Å². The average Bonchev–Trinajstić information content (AvgIpc) is 2.34. The first-order chi connectivity index (χ1) is 8.10. The second-order valence-electron chi connectivity index (χ2n) is 3.43. The fraction of sp³-hybridized carbons (Fsp3) is 0.231. The molecule has 1 aromatic rings. The molecule has 0 radical (unpaired) electrons. The maximum atomic E-state index is 11.9. The number of ketones is 1. The molecule has 0 aliphatic carbocycles. The van der Waals surface area contributed by atoms with Crippen molar-refractivity contribution in [3.05, 3.63) is 47.0 Å². The molecule has 0 aliphatic heterocycles. The third-order valence-corrected chi connectivity index (χ3v) is 2.50. The van der Waals surface area contributed by atoms with Gasteiger partial charge >= 0.3 is 5.97 Å². The lowest BCUT2D eigenvalue weighted by atomic mass is 10.0. The first-order valence-corrected chi connectivity index (χ1v) is 5.50. The van der Waals surface area contributed by atoms with E-state index in [0.717, 1.165) is 0 Å². The zero-order valence-electron chi connectivity index (χ0n) is 9.53. The Balaban J connectivity index is 3.09. The van der Waals surface area contributed by atoms with Gasteiger partial charge in [-0.3, -0.25) is 4.79 Å². The Morgan fingerprint density at radius 2 is 2.12 bits per heavy atom. The minimum Gasteiger partial charge on any atom is -0.465 e. The van der Waals surface area contributed by atoms with Crippen molar-refractivity contribution >= 4 is 23.4 Å². The van der Waals surface area contributed by atoms with Gasteiger partial charge in [-0.2, -0.15) is 0 Å². The van der Waals surface area contributed by atoms with E-state index in [2.05, 4.69) is 11.3 Å². The number of rotatable bonds is 5. The van der Waals surface area contributed by atoms with Gasteiger partial charge in [0.25, 0.3) is 0 Å². The van der Waals surface area contributed by atoms with E-state index >= 15 is 0 Å². The van der Waals surface area contributed by atoms with E-state index < -0.39 is 5.97 Å².